The van der Waals surface area contributed by atoms with Crippen molar-refractivity contribution in [3.8, 4) is 0 Å². The molecule has 0 aromatic carbocycles. The number of rotatable bonds is 5. The number of oxime groups is 1. The molecule has 0 aromatic rings. The Kier molecular flexibility index (Phi) is 5.77. The second kappa shape index (κ2) is 6.58. The Bertz CT molecular complexity index is 296. The highest BCUT2D eigenvalue weighted by molar-refractivity contribution is 5.87. The topological polar surface area (TPSA) is 88.0 Å². The lowest BCUT2D eigenvalue weighted by Crippen LogP contribution is -2.27. The van der Waals surface area contributed by atoms with Crippen LogP contribution >= 0.6 is 0 Å². The minimum Gasteiger partial charge on any atom is -0.478 e. The van der Waals surface area contributed by atoms with Gasteiger partial charge in [-0.2, -0.15) is 0 Å². The van der Waals surface area contributed by atoms with E-state index in [1.54, 1.807) is 6.92 Å². The van der Waals surface area contributed by atoms with Gasteiger partial charge in [-0.3, -0.25) is 4.84 Å². The van der Waals surface area contributed by atoms with E-state index in [0.29, 0.717) is 12.1 Å². The molecule has 0 bridgehead atoms. The standard InChI is InChI=1S/C9H14N2O4/c1-4-7(3)11-15-9(14)10-5-6(2)8(12)13/h2,4-5H2,1,3H3,(H,10,14)(H,12,13)/b11-7+. The fraction of sp³-hybridized carbons (Fsp3) is 0.444. The number of aliphatic carboxylic acids is 1. The van der Waals surface area contributed by atoms with Crippen LogP contribution in [0, 0.1) is 0 Å². The first kappa shape index (κ1) is 13.2. The number of hydrogen-bond acceptors (Lipinski definition) is 4. The first-order chi connectivity index (χ1) is 6.97. The Morgan fingerprint density at radius 1 is 1.53 bits per heavy atom. The minimum atomic E-state index is -1.16. The van der Waals surface area contributed by atoms with Crippen molar-refractivity contribution >= 4 is 17.8 Å². The normalized spacial score (nSPS) is 10.7. The first-order valence-corrected chi connectivity index (χ1v) is 4.36. The van der Waals surface area contributed by atoms with Gasteiger partial charge in [0.1, 0.15) is 0 Å². The molecule has 0 heterocycles. The van der Waals surface area contributed by atoms with Crippen molar-refractivity contribution in [2.45, 2.75) is 20.3 Å². The Labute approximate surface area is 87.6 Å². The third kappa shape index (κ3) is 6.25. The van der Waals surface area contributed by atoms with E-state index in [4.69, 9.17) is 5.11 Å². The van der Waals surface area contributed by atoms with Gasteiger partial charge >= 0.3 is 12.1 Å². The molecular formula is C9H14N2O4. The lowest BCUT2D eigenvalue weighted by atomic mass is 10.3. The van der Waals surface area contributed by atoms with Gasteiger partial charge in [0.2, 0.25) is 0 Å². The Balaban J connectivity index is 3.86. The zero-order chi connectivity index (χ0) is 11.8. The van der Waals surface area contributed by atoms with Gasteiger partial charge < -0.3 is 10.4 Å². The van der Waals surface area contributed by atoms with Crippen LogP contribution in [0.4, 0.5) is 4.79 Å². The highest BCUT2D eigenvalue weighted by Crippen LogP contribution is 1.90. The number of carbonyl (C=O) groups excluding carboxylic acids is 1. The average Bonchev–Trinajstić information content (AvgIpc) is 2.21. The van der Waals surface area contributed by atoms with Gasteiger partial charge in [-0.1, -0.05) is 18.7 Å². The fourth-order valence-corrected chi connectivity index (χ4v) is 0.471. The Hall–Kier alpha value is -1.85. The van der Waals surface area contributed by atoms with Crippen LogP contribution in [0.25, 0.3) is 0 Å². The number of nitrogens with one attached hydrogen (secondary N) is 1. The van der Waals surface area contributed by atoms with E-state index in [0.717, 1.165) is 0 Å². The van der Waals surface area contributed by atoms with Crippen LogP contribution in [-0.4, -0.2) is 29.4 Å². The maximum absolute atomic E-state index is 10.9. The van der Waals surface area contributed by atoms with Crippen LogP contribution < -0.4 is 5.32 Å². The summed E-state index contributed by atoms with van der Waals surface area (Å²) < 4.78 is 0. The largest absolute Gasteiger partial charge is 0.478 e. The van der Waals surface area contributed by atoms with Gasteiger partial charge in [-0.05, 0) is 13.3 Å². The van der Waals surface area contributed by atoms with Crippen LogP contribution in [0.5, 0.6) is 0 Å². The fourth-order valence-electron chi connectivity index (χ4n) is 0.471. The Morgan fingerprint density at radius 2 is 2.13 bits per heavy atom. The maximum atomic E-state index is 10.9. The highest BCUT2D eigenvalue weighted by atomic mass is 16.7. The third-order valence-electron chi connectivity index (χ3n) is 1.54. The molecule has 6 heteroatoms. The van der Waals surface area contributed by atoms with E-state index in [9.17, 15) is 9.59 Å². The summed E-state index contributed by atoms with van der Waals surface area (Å²) in [5.41, 5.74) is 0.547. The molecule has 0 atom stereocenters. The van der Waals surface area contributed by atoms with Gasteiger partial charge in [-0.15, -0.1) is 0 Å². The summed E-state index contributed by atoms with van der Waals surface area (Å²) in [5.74, 6) is -1.16. The number of nitrogens with zero attached hydrogens (tertiary/aromatic N) is 1. The molecule has 0 saturated carbocycles. The predicted molar refractivity (Wildman–Crippen MR) is 54.7 cm³/mol. The van der Waals surface area contributed by atoms with E-state index in [1.807, 2.05) is 6.92 Å². The molecule has 84 valence electrons. The van der Waals surface area contributed by atoms with Crippen molar-refractivity contribution in [2.75, 3.05) is 6.54 Å². The number of carbonyl (C=O) groups is 2. The SMILES string of the molecule is C=C(CNC(=O)O/N=C(\C)CC)C(=O)O. The summed E-state index contributed by atoms with van der Waals surface area (Å²) in [6.45, 7) is 6.64. The van der Waals surface area contributed by atoms with Crippen LogP contribution in [0.3, 0.4) is 0 Å². The monoisotopic (exact) mass is 214 g/mol. The molecule has 0 saturated heterocycles. The molecule has 2 N–H and O–H groups in total. The van der Waals surface area contributed by atoms with Crippen LogP contribution in [0.2, 0.25) is 0 Å². The van der Waals surface area contributed by atoms with Crippen molar-refractivity contribution in [3.63, 3.8) is 0 Å². The molecule has 1 amide bonds. The molecule has 0 fully saturated rings. The summed E-state index contributed by atoms with van der Waals surface area (Å²) in [4.78, 5) is 25.6. The molecular weight excluding hydrogens is 200 g/mol. The molecule has 0 aromatic heterocycles. The lowest BCUT2D eigenvalue weighted by Gasteiger charge is -2.02. The highest BCUT2D eigenvalue weighted by Gasteiger charge is 2.06. The van der Waals surface area contributed by atoms with Gasteiger partial charge in [-0.25, -0.2) is 9.59 Å². The minimum absolute atomic E-state index is 0.122. The van der Waals surface area contributed by atoms with E-state index in [1.165, 1.54) is 0 Å². The van der Waals surface area contributed by atoms with E-state index < -0.39 is 12.1 Å². The number of amides is 1. The zero-order valence-corrected chi connectivity index (χ0v) is 8.74. The third-order valence-corrected chi connectivity index (χ3v) is 1.54. The molecule has 6 nitrogen and oxygen atoms in total. The van der Waals surface area contributed by atoms with Gasteiger partial charge in [0.05, 0.1) is 12.3 Å². The molecule has 0 aliphatic heterocycles. The van der Waals surface area contributed by atoms with Gasteiger partial charge in [0.15, 0.2) is 0 Å². The van der Waals surface area contributed by atoms with E-state index in [-0.39, 0.29) is 12.1 Å². The molecule has 0 aliphatic rings. The van der Waals surface area contributed by atoms with Crippen LogP contribution in [0.15, 0.2) is 17.3 Å². The molecule has 0 rings (SSSR count). The second-order valence-electron chi connectivity index (χ2n) is 2.82. The summed E-state index contributed by atoms with van der Waals surface area (Å²) in [5, 5.41) is 14.1. The second-order valence-corrected chi connectivity index (χ2v) is 2.82. The Morgan fingerprint density at radius 3 is 2.60 bits per heavy atom. The number of carboxylic acids is 1. The lowest BCUT2D eigenvalue weighted by molar-refractivity contribution is -0.132. The first-order valence-electron chi connectivity index (χ1n) is 4.36. The summed E-state index contributed by atoms with van der Waals surface area (Å²) in [6.07, 6.45) is -0.125. The van der Waals surface area contributed by atoms with Gasteiger partial charge in [0, 0.05) is 5.57 Å². The molecule has 0 spiro atoms. The summed E-state index contributed by atoms with van der Waals surface area (Å²) in [6, 6.07) is 0. The smallest absolute Gasteiger partial charge is 0.433 e. The number of hydrogen-bond donors (Lipinski definition) is 2. The van der Waals surface area contributed by atoms with E-state index >= 15 is 0 Å². The van der Waals surface area contributed by atoms with Crippen molar-refractivity contribution in [2.24, 2.45) is 5.16 Å². The van der Waals surface area contributed by atoms with E-state index in [2.05, 4.69) is 21.9 Å². The molecule has 0 aliphatic carbocycles. The summed E-state index contributed by atoms with van der Waals surface area (Å²) >= 11 is 0. The van der Waals surface area contributed by atoms with Crippen molar-refractivity contribution < 1.29 is 19.5 Å². The van der Waals surface area contributed by atoms with Crippen molar-refractivity contribution in [1.82, 2.24) is 5.32 Å². The van der Waals surface area contributed by atoms with Crippen molar-refractivity contribution in [1.29, 1.82) is 0 Å². The number of carboxylic acid groups (broad SMARTS) is 1. The van der Waals surface area contributed by atoms with Crippen LogP contribution in [0.1, 0.15) is 20.3 Å². The van der Waals surface area contributed by atoms with Gasteiger partial charge in [0.25, 0.3) is 0 Å². The predicted octanol–water partition coefficient (Wildman–Crippen LogP) is 1.14. The molecule has 0 radical (unpaired) electrons. The average molecular weight is 214 g/mol. The maximum Gasteiger partial charge on any atom is 0.433 e. The van der Waals surface area contributed by atoms with Crippen molar-refractivity contribution in [3.05, 3.63) is 12.2 Å². The zero-order valence-electron chi connectivity index (χ0n) is 8.74. The molecule has 15 heavy (non-hydrogen) atoms. The quantitative estimate of drug-likeness (QED) is 0.311. The summed E-state index contributed by atoms with van der Waals surface area (Å²) in [7, 11) is 0. The molecule has 0 unspecified atom stereocenters. The van der Waals surface area contributed by atoms with Crippen LogP contribution in [-0.2, 0) is 9.63 Å².